The first kappa shape index (κ1) is 19.3. The number of halogens is 1. The summed E-state index contributed by atoms with van der Waals surface area (Å²) in [5.74, 6) is -0.850. The fourth-order valence-electron chi connectivity index (χ4n) is 3.36. The van der Waals surface area contributed by atoms with E-state index in [4.69, 9.17) is 0 Å². The minimum Gasteiger partial charge on any atom is -0.347 e. The molecule has 142 valence electrons. The molecule has 1 heterocycles. The lowest BCUT2D eigenvalue weighted by Gasteiger charge is -2.36. The molecule has 1 aliphatic heterocycles. The fourth-order valence-corrected chi connectivity index (χ4v) is 5.50. The zero-order valence-electron chi connectivity index (χ0n) is 14.3. The van der Waals surface area contributed by atoms with Gasteiger partial charge in [0.05, 0.1) is 5.75 Å². The Bertz CT molecular complexity index is 793. The second kappa shape index (κ2) is 8.06. The zero-order valence-corrected chi connectivity index (χ0v) is 16.7. The van der Waals surface area contributed by atoms with Crippen molar-refractivity contribution in [1.29, 1.82) is 0 Å². The SMILES string of the molecule is O=C(NCCN1CCCS1(=O)=O)C(=O)NC1CC(c2ccccc2Br)C1. The van der Waals surface area contributed by atoms with Crippen molar-refractivity contribution in [3.63, 3.8) is 0 Å². The predicted octanol–water partition coefficient (Wildman–Crippen LogP) is 0.963. The third-order valence-electron chi connectivity index (χ3n) is 4.87. The van der Waals surface area contributed by atoms with Gasteiger partial charge in [0.25, 0.3) is 0 Å². The van der Waals surface area contributed by atoms with Gasteiger partial charge in [-0.25, -0.2) is 12.7 Å². The van der Waals surface area contributed by atoms with Crippen LogP contribution < -0.4 is 10.6 Å². The first-order chi connectivity index (χ1) is 12.4. The summed E-state index contributed by atoms with van der Waals surface area (Å²) in [6.45, 7) is 0.813. The van der Waals surface area contributed by atoms with Crippen LogP contribution in [0, 0.1) is 0 Å². The third kappa shape index (κ3) is 4.44. The standard InChI is InChI=1S/C17H22BrN3O4S/c18-15-5-2-1-4-14(15)12-10-13(11-12)20-17(23)16(22)19-6-8-21-7-3-9-26(21,24)25/h1-2,4-5,12-13H,3,6-11H2,(H,19,22)(H,20,23). The van der Waals surface area contributed by atoms with E-state index in [0.29, 0.717) is 18.9 Å². The van der Waals surface area contributed by atoms with Crippen LogP contribution in [0.15, 0.2) is 28.7 Å². The van der Waals surface area contributed by atoms with Crippen molar-refractivity contribution < 1.29 is 18.0 Å². The normalized spacial score (nSPS) is 24.7. The topological polar surface area (TPSA) is 95.6 Å². The Hall–Kier alpha value is -1.45. The summed E-state index contributed by atoms with van der Waals surface area (Å²) in [5.41, 5.74) is 1.22. The Labute approximate surface area is 161 Å². The second-order valence-corrected chi connectivity index (χ2v) is 9.63. The highest BCUT2D eigenvalue weighted by Crippen LogP contribution is 2.39. The lowest BCUT2D eigenvalue weighted by atomic mass is 9.76. The maximum Gasteiger partial charge on any atom is 0.309 e. The molecule has 0 atom stereocenters. The average molecular weight is 444 g/mol. The number of carbonyl (C=O) groups excluding carboxylic acids is 2. The molecule has 0 aromatic heterocycles. The number of nitrogens with zero attached hydrogens (tertiary/aromatic N) is 1. The zero-order chi connectivity index (χ0) is 18.7. The summed E-state index contributed by atoms with van der Waals surface area (Å²) >= 11 is 3.53. The fraction of sp³-hybridized carbons (Fsp3) is 0.529. The van der Waals surface area contributed by atoms with Crippen LogP contribution in [0.25, 0.3) is 0 Å². The van der Waals surface area contributed by atoms with Crippen molar-refractivity contribution in [3.8, 4) is 0 Å². The molecule has 2 amide bonds. The molecule has 0 bridgehead atoms. The summed E-state index contributed by atoms with van der Waals surface area (Å²) in [6.07, 6.45) is 2.21. The molecule has 1 aromatic rings. The first-order valence-corrected chi connectivity index (χ1v) is 11.1. The van der Waals surface area contributed by atoms with E-state index in [0.717, 1.165) is 17.3 Å². The molecule has 3 rings (SSSR count). The summed E-state index contributed by atoms with van der Waals surface area (Å²) in [6, 6.07) is 7.99. The maximum absolute atomic E-state index is 11.9. The van der Waals surface area contributed by atoms with Gasteiger partial charge in [0.2, 0.25) is 10.0 Å². The molecule has 7 nitrogen and oxygen atoms in total. The van der Waals surface area contributed by atoms with Gasteiger partial charge in [-0.15, -0.1) is 0 Å². The molecular formula is C17H22BrN3O4S. The van der Waals surface area contributed by atoms with Gasteiger partial charge in [-0.1, -0.05) is 34.1 Å². The average Bonchev–Trinajstić information content (AvgIpc) is 2.90. The van der Waals surface area contributed by atoms with Gasteiger partial charge >= 0.3 is 11.8 Å². The number of carbonyl (C=O) groups is 2. The van der Waals surface area contributed by atoms with Crippen LogP contribution in [0.4, 0.5) is 0 Å². The van der Waals surface area contributed by atoms with Crippen molar-refractivity contribution in [1.82, 2.24) is 14.9 Å². The van der Waals surface area contributed by atoms with Gasteiger partial charge in [0.1, 0.15) is 0 Å². The number of amides is 2. The molecule has 0 unspecified atom stereocenters. The number of benzene rings is 1. The Balaban J connectivity index is 1.38. The molecule has 0 radical (unpaired) electrons. The Kier molecular flexibility index (Phi) is 5.99. The second-order valence-electron chi connectivity index (χ2n) is 6.68. The molecule has 1 saturated carbocycles. The summed E-state index contributed by atoms with van der Waals surface area (Å²) in [7, 11) is -3.18. The van der Waals surface area contributed by atoms with Crippen LogP contribution in [0.3, 0.4) is 0 Å². The molecule has 2 fully saturated rings. The molecule has 1 aliphatic carbocycles. The number of nitrogens with one attached hydrogen (secondary N) is 2. The van der Waals surface area contributed by atoms with Gasteiger partial charge < -0.3 is 10.6 Å². The summed E-state index contributed by atoms with van der Waals surface area (Å²) in [5, 5.41) is 5.22. The van der Waals surface area contributed by atoms with Crippen molar-refractivity contribution in [2.75, 3.05) is 25.4 Å². The molecule has 0 spiro atoms. The van der Waals surface area contributed by atoms with Crippen LogP contribution in [0.5, 0.6) is 0 Å². The number of hydrogen-bond acceptors (Lipinski definition) is 4. The van der Waals surface area contributed by atoms with Gasteiger partial charge in [-0.05, 0) is 36.8 Å². The predicted molar refractivity (Wildman–Crippen MR) is 101 cm³/mol. The van der Waals surface area contributed by atoms with Crippen LogP contribution in [-0.2, 0) is 19.6 Å². The van der Waals surface area contributed by atoms with E-state index >= 15 is 0 Å². The van der Waals surface area contributed by atoms with E-state index in [1.54, 1.807) is 0 Å². The molecule has 2 N–H and O–H groups in total. The smallest absolute Gasteiger partial charge is 0.309 e. The third-order valence-corrected chi connectivity index (χ3v) is 7.55. The Morgan fingerprint density at radius 3 is 2.58 bits per heavy atom. The number of sulfonamides is 1. The van der Waals surface area contributed by atoms with Crippen LogP contribution in [0.1, 0.15) is 30.7 Å². The summed E-state index contributed by atoms with van der Waals surface area (Å²) < 4.78 is 25.7. The molecule has 2 aliphatic rings. The van der Waals surface area contributed by atoms with Crippen molar-refractivity contribution >= 4 is 37.8 Å². The first-order valence-electron chi connectivity index (χ1n) is 8.68. The van der Waals surface area contributed by atoms with E-state index in [1.807, 2.05) is 18.2 Å². The van der Waals surface area contributed by atoms with E-state index in [2.05, 4.69) is 32.6 Å². The van der Waals surface area contributed by atoms with Gasteiger partial charge in [-0.2, -0.15) is 0 Å². The molecule has 1 aromatic carbocycles. The van der Waals surface area contributed by atoms with Crippen LogP contribution >= 0.6 is 15.9 Å². The Morgan fingerprint density at radius 1 is 1.19 bits per heavy atom. The largest absolute Gasteiger partial charge is 0.347 e. The quantitative estimate of drug-likeness (QED) is 0.662. The van der Waals surface area contributed by atoms with Gasteiger partial charge in [0.15, 0.2) is 0 Å². The highest BCUT2D eigenvalue weighted by atomic mass is 79.9. The number of rotatable bonds is 5. The molecule has 26 heavy (non-hydrogen) atoms. The van der Waals surface area contributed by atoms with Crippen LogP contribution in [-0.4, -0.2) is 56.0 Å². The lowest BCUT2D eigenvalue weighted by molar-refractivity contribution is -0.140. The molecular weight excluding hydrogens is 422 g/mol. The molecule has 9 heteroatoms. The van der Waals surface area contributed by atoms with Crippen molar-refractivity contribution in [2.24, 2.45) is 0 Å². The van der Waals surface area contributed by atoms with Crippen LogP contribution in [0.2, 0.25) is 0 Å². The molecule has 1 saturated heterocycles. The minimum atomic E-state index is -3.18. The Morgan fingerprint density at radius 2 is 1.92 bits per heavy atom. The van der Waals surface area contributed by atoms with Gasteiger partial charge in [-0.3, -0.25) is 9.59 Å². The van der Waals surface area contributed by atoms with Crippen molar-refractivity contribution in [3.05, 3.63) is 34.3 Å². The highest BCUT2D eigenvalue weighted by Gasteiger charge is 2.33. The van der Waals surface area contributed by atoms with Gasteiger partial charge in [0, 0.05) is 30.1 Å². The lowest BCUT2D eigenvalue weighted by Crippen LogP contribution is -2.50. The number of hydrogen-bond donors (Lipinski definition) is 2. The highest BCUT2D eigenvalue weighted by molar-refractivity contribution is 9.10. The maximum atomic E-state index is 11.9. The van der Waals surface area contributed by atoms with E-state index in [-0.39, 0.29) is 24.9 Å². The minimum absolute atomic E-state index is 0.00989. The van der Waals surface area contributed by atoms with E-state index in [9.17, 15) is 18.0 Å². The monoisotopic (exact) mass is 443 g/mol. The summed E-state index contributed by atoms with van der Waals surface area (Å²) in [4.78, 5) is 23.8. The van der Waals surface area contributed by atoms with E-state index < -0.39 is 21.8 Å². The van der Waals surface area contributed by atoms with Crippen molar-refractivity contribution in [2.45, 2.75) is 31.2 Å². The van der Waals surface area contributed by atoms with E-state index in [1.165, 1.54) is 9.87 Å².